The average molecular weight is 301 g/mol. The number of likely N-dealkylation sites (N-methyl/N-ethyl adjacent to an activating group) is 1. The second kappa shape index (κ2) is 7.58. The summed E-state index contributed by atoms with van der Waals surface area (Å²) in [5.74, 6) is 0. The molecule has 0 aromatic heterocycles. The van der Waals surface area contributed by atoms with E-state index in [9.17, 15) is 0 Å². The maximum atomic E-state index is 2.75. The van der Waals surface area contributed by atoms with Crippen LogP contribution in [0.1, 0.15) is 30.9 Å². The van der Waals surface area contributed by atoms with Crippen LogP contribution in [0, 0.1) is 6.92 Å². The van der Waals surface area contributed by atoms with Crippen LogP contribution in [0.4, 0.5) is 0 Å². The molecular formula is C19H31N3. The van der Waals surface area contributed by atoms with Gasteiger partial charge in [-0.2, -0.15) is 0 Å². The molecule has 2 aliphatic rings. The van der Waals surface area contributed by atoms with Crippen molar-refractivity contribution in [3.05, 3.63) is 35.4 Å². The summed E-state index contributed by atoms with van der Waals surface area (Å²) in [5, 5.41) is 0. The van der Waals surface area contributed by atoms with Crippen molar-refractivity contribution in [3.8, 4) is 0 Å². The molecule has 1 aromatic rings. The fourth-order valence-electron chi connectivity index (χ4n) is 3.92. The summed E-state index contributed by atoms with van der Waals surface area (Å²) in [5.41, 5.74) is 2.93. The van der Waals surface area contributed by atoms with E-state index in [4.69, 9.17) is 0 Å². The molecule has 0 unspecified atom stereocenters. The first-order valence-corrected chi connectivity index (χ1v) is 8.99. The van der Waals surface area contributed by atoms with Crippen LogP contribution >= 0.6 is 0 Å². The number of rotatable bonds is 4. The minimum atomic E-state index is 0.826. The van der Waals surface area contributed by atoms with Crippen molar-refractivity contribution in [1.82, 2.24) is 14.7 Å². The third kappa shape index (κ3) is 3.89. The predicted octanol–water partition coefficient (Wildman–Crippen LogP) is 2.60. The van der Waals surface area contributed by atoms with Gasteiger partial charge in [-0.3, -0.25) is 9.80 Å². The van der Waals surface area contributed by atoms with Crippen LogP contribution in [-0.2, 0) is 6.54 Å². The first kappa shape index (κ1) is 16.0. The van der Waals surface area contributed by atoms with Gasteiger partial charge in [0, 0.05) is 38.8 Å². The molecule has 0 atom stereocenters. The van der Waals surface area contributed by atoms with Gasteiger partial charge in [-0.05, 0) is 50.5 Å². The number of piperazine rings is 1. The van der Waals surface area contributed by atoms with Gasteiger partial charge in [-0.25, -0.2) is 0 Å². The summed E-state index contributed by atoms with van der Waals surface area (Å²) in [7, 11) is 0. The summed E-state index contributed by atoms with van der Waals surface area (Å²) in [6, 6.07) is 9.65. The number of nitrogens with zero attached hydrogens (tertiary/aromatic N) is 3. The Labute approximate surface area is 135 Å². The fraction of sp³-hybridized carbons (Fsp3) is 0.684. The van der Waals surface area contributed by atoms with Crippen molar-refractivity contribution < 1.29 is 0 Å². The molecule has 2 fully saturated rings. The van der Waals surface area contributed by atoms with Crippen molar-refractivity contribution >= 4 is 0 Å². The molecule has 1 aromatic carbocycles. The lowest BCUT2D eigenvalue weighted by Crippen LogP contribution is -2.53. The molecule has 3 heteroatoms. The summed E-state index contributed by atoms with van der Waals surface area (Å²) >= 11 is 0. The Balaban J connectivity index is 1.46. The first-order chi connectivity index (χ1) is 10.8. The van der Waals surface area contributed by atoms with Crippen molar-refractivity contribution in [2.75, 3.05) is 45.8 Å². The number of hydrogen-bond acceptors (Lipinski definition) is 3. The minimum absolute atomic E-state index is 0.826. The van der Waals surface area contributed by atoms with E-state index in [1.54, 1.807) is 0 Å². The van der Waals surface area contributed by atoms with E-state index in [-0.39, 0.29) is 0 Å². The molecule has 0 bridgehead atoms. The third-order valence-corrected chi connectivity index (χ3v) is 5.58. The zero-order valence-corrected chi connectivity index (χ0v) is 14.3. The maximum absolute atomic E-state index is 2.75. The van der Waals surface area contributed by atoms with Crippen LogP contribution in [0.2, 0.25) is 0 Å². The maximum Gasteiger partial charge on any atom is 0.0236 e. The number of likely N-dealkylation sites (tertiary alicyclic amines) is 1. The summed E-state index contributed by atoms with van der Waals surface area (Å²) in [6.07, 6.45) is 2.69. The Kier molecular flexibility index (Phi) is 5.51. The fourth-order valence-corrected chi connectivity index (χ4v) is 3.92. The van der Waals surface area contributed by atoms with Crippen molar-refractivity contribution in [3.63, 3.8) is 0 Å². The second-order valence-electron chi connectivity index (χ2n) is 6.90. The van der Waals surface area contributed by atoms with Crippen LogP contribution in [0.5, 0.6) is 0 Å². The molecule has 2 saturated heterocycles. The number of aryl methyl sites for hydroxylation is 1. The number of hydrogen-bond donors (Lipinski definition) is 0. The second-order valence-corrected chi connectivity index (χ2v) is 6.90. The van der Waals surface area contributed by atoms with E-state index in [1.807, 2.05) is 0 Å². The molecule has 2 heterocycles. The van der Waals surface area contributed by atoms with Gasteiger partial charge in [-0.15, -0.1) is 0 Å². The van der Waals surface area contributed by atoms with E-state index < -0.39 is 0 Å². The van der Waals surface area contributed by atoms with Crippen molar-refractivity contribution in [2.45, 2.75) is 39.3 Å². The van der Waals surface area contributed by atoms with Crippen LogP contribution < -0.4 is 0 Å². The molecule has 0 spiro atoms. The highest BCUT2D eigenvalue weighted by atomic mass is 15.3. The van der Waals surface area contributed by atoms with Gasteiger partial charge in [0.15, 0.2) is 0 Å². The predicted molar refractivity (Wildman–Crippen MR) is 93.2 cm³/mol. The lowest BCUT2D eigenvalue weighted by atomic mass is 10.0. The van der Waals surface area contributed by atoms with E-state index in [1.165, 1.54) is 69.8 Å². The van der Waals surface area contributed by atoms with Crippen molar-refractivity contribution in [2.24, 2.45) is 0 Å². The lowest BCUT2D eigenvalue weighted by molar-refractivity contribution is 0.0593. The normalized spacial score (nSPS) is 23.0. The minimum Gasteiger partial charge on any atom is -0.301 e. The van der Waals surface area contributed by atoms with Crippen LogP contribution in [0.3, 0.4) is 0 Å². The van der Waals surface area contributed by atoms with Crippen LogP contribution in [0.25, 0.3) is 0 Å². The molecular weight excluding hydrogens is 270 g/mol. The van der Waals surface area contributed by atoms with Gasteiger partial charge < -0.3 is 4.90 Å². The molecule has 3 rings (SSSR count). The van der Waals surface area contributed by atoms with E-state index in [2.05, 4.69) is 52.8 Å². The van der Waals surface area contributed by atoms with Crippen molar-refractivity contribution in [1.29, 1.82) is 0 Å². The number of piperidine rings is 1. The van der Waals surface area contributed by atoms with Gasteiger partial charge in [-0.1, -0.05) is 31.2 Å². The zero-order chi connectivity index (χ0) is 15.4. The van der Waals surface area contributed by atoms with E-state index in [0.29, 0.717) is 0 Å². The average Bonchev–Trinajstić information content (AvgIpc) is 2.58. The SMILES string of the molecule is CCN1CCN(C2CCN(Cc3ccccc3C)CC2)CC1. The Morgan fingerprint density at radius 3 is 2.23 bits per heavy atom. The number of benzene rings is 1. The quantitative estimate of drug-likeness (QED) is 0.846. The van der Waals surface area contributed by atoms with Crippen LogP contribution in [-0.4, -0.2) is 66.6 Å². The topological polar surface area (TPSA) is 9.72 Å². The Bertz CT molecular complexity index is 458. The Morgan fingerprint density at radius 2 is 1.59 bits per heavy atom. The summed E-state index contributed by atoms with van der Waals surface area (Å²) in [6.45, 7) is 14.4. The van der Waals surface area contributed by atoms with E-state index in [0.717, 1.165) is 12.6 Å². The zero-order valence-electron chi connectivity index (χ0n) is 14.3. The molecule has 2 aliphatic heterocycles. The van der Waals surface area contributed by atoms with Crippen LogP contribution in [0.15, 0.2) is 24.3 Å². The van der Waals surface area contributed by atoms with Gasteiger partial charge in [0.05, 0.1) is 0 Å². The van der Waals surface area contributed by atoms with E-state index >= 15 is 0 Å². The molecule has 0 amide bonds. The molecule has 3 nitrogen and oxygen atoms in total. The molecule has 0 N–H and O–H groups in total. The first-order valence-electron chi connectivity index (χ1n) is 8.99. The van der Waals surface area contributed by atoms with Gasteiger partial charge >= 0.3 is 0 Å². The highest BCUT2D eigenvalue weighted by Gasteiger charge is 2.27. The van der Waals surface area contributed by atoms with Gasteiger partial charge in [0.2, 0.25) is 0 Å². The molecule has 0 saturated carbocycles. The molecule has 22 heavy (non-hydrogen) atoms. The smallest absolute Gasteiger partial charge is 0.0236 e. The van der Waals surface area contributed by atoms with Gasteiger partial charge in [0.1, 0.15) is 0 Å². The molecule has 0 radical (unpaired) electrons. The molecule has 0 aliphatic carbocycles. The Hall–Kier alpha value is -0.900. The highest BCUT2D eigenvalue weighted by Crippen LogP contribution is 2.20. The Morgan fingerprint density at radius 1 is 0.909 bits per heavy atom. The highest BCUT2D eigenvalue weighted by molar-refractivity contribution is 5.25. The third-order valence-electron chi connectivity index (χ3n) is 5.58. The summed E-state index contributed by atoms with van der Waals surface area (Å²) in [4.78, 5) is 7.96. The largest absolute Gasteiger partial charge is 0.301 e. The lowest BCUT2D eigenvalue weighted by Gasteiger charge is -2.42. The standard InChI is InChI=1S/C19H31N3/c1-3-20-12-14-22(15-13-20)19-8-10-21(11-9-19)16-18-7-5-4-6-17(18)2/h4-7,19H,3,8-16H2,1-2H3. The monoisotopic (exact) mass is 301 g/mol. The van der Waals surface area contributed by atoms with Gasteiger partial charge in [0.25, 0.3) is 0 Å². The molecule has 122 valence electrons. The summed E-state index contributed by atoms with van der Waals surface area (Å²) < 4.78 is 0.